The minimum atomic E-state index is -0.253. The second-order valence-corrected chi connectivity index (χ2v) is 4.91. The van der Waals surface area contributed by atoms with Gasteiger partial charge in [0.2, 0.25) is 11.6 Å². The summed E-state index contributed by atoms with van der Waals surface area (Å²) in [4.78, 5) is 23.5. The number of Topliss-reactive ketones (excluding diaryl/α,β-unsaturated/α-hetero) is 2. The highest BCUT2D eigenvalue weighted by Crippen LogP contribution is 2.65. The molecule has 14 heavy (non-hydrogen) atoms. The summed E-state index contributed by atoms with van der Waals surface area (Å²) in [6.45, 7) is 0. The van der Waals surface area contributed by atoms with Gasteiger partial charge < -0.3 is 0 Å². The van der Waals surface area contributed by atoms with E-state index in [2.05, 4.69) is 12.2 Å². The lowest BCUT2D eigenvalue weighted by molar-refractivity contribution is -0.180. The summed E-state index contributed by atoms with van der Waals surface area (Å²) in [5.41, 5.74) is -0.506. The molecule has 0 bridgehead atoms. The third-order valence-electron chi connectivity index (χ3n) is 4.55. The molecule has 0 spiro atoms. The van der Waals surface area contributed by atoms with E-state index in [9.17, 15) is 9.59 Å². The van der Waals surface area contributed by atoms with Gasteiger partial charge in [-0.05, 0) is 25.7 Å². The number of allylic oxidation sites excluding steroid dienone is 2. The van der Waals surface area contributed by atoms with E-state index < -0.39 is 0 Å². The van der Waals surface area contributed by atoms with E-state index in [4.69, 9.17) is 0 Å². The van der Waals surface area contributed by atoms with Crippen molar-refractivity contribution in [1.82, 2.24) is 0 Å². The van der Waals surface area contributed by atoms with E-state index in [1.165, 1.54) is 0 Å². The first kappa shape index (κ1) is 8.39. The quantitative estimate of drug-likeness (QED) is 0.432. The van der Waals surface area contributed by atoms with Crippen LogP contribution in [-0.2, 0) is 9.59 Å². The van der Waals surface area contributed by atoms with E-state index in [-0.39, 0.29) is 22.4 Å². The van der Waals surface area contributed by atoms with Crippen molar-refractivity contribution < 1.29 is 9.59 Å². The van der Waals surface area contributed by atoms with Crippen LogP contribution in [0.3, 0.4) is 0 Å². The van der Waals surface area contributed by atoms with Crippen LogP contribution in [0.4, 0.5) is 0 Å². The van der Waals surface area contributed by atoms with Gasteiger partial charge in [0.05, 0.1) is 10.8 Å². The van der Waals surface area contributed by atoms with Crippen molar-refractivity contribution in [1.29, 1.82) is 0 Å². The molecule has 3 aliphatic rings. The van der Waals surface area contributed by atoms with Gasteiger partial charge in [-0.25, -0.2) is 0 Å². The zero-order valence-corrected chi connectivity index (χ0v) is 8.21. The highest BCUT2D eigenvalue weighted by Gasteiger charge is 2.71. The molecule has 0 aromatic heterocycles. The van der Waals surface area contributed by atoms with Gasteiger partial charge in [0.15, 0.2) is 0 Å². The maximum Gasteiger partial charge on any atom is 0.206 e. The molecule has 2 heteroatoms. The number of carbonyl (C=O) groups is 2. The number of ketones is 2. The fourth-order valence-corrected chi connectivity index (χ4v) is 3.72. The number of hydrogen-bond donors (Lipinski definition) is 0. The number of carbonyl (C=O) groups excluding carboxylic acids is 2. The van der Waals surface area contributed by atoms with Crippen LogP contribution in [0.5, 0.6) is 0 Å². The average Bonchev–Trinajstić information content (AvgIpc) is 2.26. The van der Waals surface area contributed by atoms with E-state index in [1.807, 2.05) is 0 Å². The Labute approximate surface area is 83.4 Å². The van der Waals surface area contributed by atoms with Gasteiger partial charge in [0.25, 0.3) is 0 Å². The van der Waals surface area contributed by atoms with E-state index in [1.54, 1.807) is 0 Å². The lowest BCUT2D eigenvalue weighted by atomic mass is 9.39. The third-order valence-corrected chi connectivity index (χ3v) is 4.55. The number of hydrogen-bond acceptors (Lipinski definition) is 2. The van der Waals surface area contributed by atoms with Crippen molar-refractivity contribution in [2.75, 3.05) is 0 Å². The molecular formula is C12H14O2. The van der Waals surface area contributed by atoms with Crippen LogP contribution in [0.1, 0.15) is 38.5 Å². The Morgan fingerprint density at radius 1 is 0.857 bits per heavy atom. The fraction of sp³-hybridized carbons (Fsp3) is 0.667. The van der Waals surface area contributed by atoms with Crippen LogP contribution in [0, 0.1) is 10.8 Å². The molecule has 2 atom stereocenters. The number of rotatable bonds is 0. The van der Waals surface area contributed by atoms with Crippen molar-refractivity contribution in [2.24, 2.45) is 10.8 Å². The normalized spacial score (nSPS) is 45.4. The Balaban J connectivity index is 2.12. The second kappa shape index (κ2) is 2.36. The van der Waals surface area contributed by atoms with Gasteiger partial charge >= 0.3 is 0 Å². The van der Waals surface area contributed by atoms with Gasteiger partial charge in [-0.2, -0.15) is 0 Å². The minimum absolute atomic E-state index is 0.0680. The van der Waals surface area contributed by atoms with Crippen LogP contribution in [0.25, 0.3) is 0 Å². The monoisotopic (exact) mass is 190 g/mol. The molecule has 0 saturated heterocycles. The first-order valence-electron chi connectivity index (χ1n) is 5.47. The molecule has 2 fully saturated rings. The molecule has 0 aromatic carbocycles. The largest absolute Gasteiger partial charge is 0.290 e. The molecule has 0 aliphatic heterocycles. The Morgan fingerprint density at radius 2 is 1.29 bits per heavy atom. The molecule has 74 valence electrons. The van der Waals surface area contributed by atoms with Crippen LogP contribution >= 0.6 is 0 Å². The zero-order chi connectivity index (χ0) is 9.81. The Hall–Kier alpha value is -0.920. The van der Waals surface area contributed by atoms with Gasteiger partial charge in [-0.15, -0.1) is 0 Å². The molecule has 0 N–H and O–H groups in total. The molecule has 2 nitrogen and oxygen atoms in total. The second-order valence-electron chi connectivity index (χ2n) is 4.91. The molecule has 0 amide bonds. The molecule has 0 radical (unpaired) electrons. The standard InChI is InChI=1S/C12H14O2/c13-9-10(14)12-6-2-1-5-11(9,12)7-3-4-8-12/h1-2H,3-8H2. The maximum absolute atomic E-state index is 11.8. The SMILES string of the molecule is O=C1C(=O)C23CC=CCC12CCCC3. The third kappa shape index (κ3) is 0.636. The van der Waals surface area contributed by atoms with Crippen molar-refractivity contribution in [3.8, 4) is 0 Å². The molecule has 2 saturated carbocycles. The molecule has 3 rings (SSSR count). The van der Waals surface area contributed by atoms with Crippen molar-refractivity contribution in [2.45, 2.75) is 38.5 Å². The summed E-state index contributed by atoms with van der Waals surface area (Å²) in [7, 11) is 0. The van der Waals surface area contributed by atoms with Gasteiger partial charge in [0.1, 0.15) is 0 Å². The lowest BCUT2D eigenvalue weighted by Gasteiger charge is -2.59. The summed E-state index contributed by atoms with van der Waals surface area (Å²) < 4.78 is 0. The summed E-state index contributed by atoms with van der Waals surface area (Å²) >= 11 is 0. The summed E-state index contributed by atoms with van der Waals surface area (Å²) in [6, 6.07) is 0. The Morgan fingerprint density at radius 3 is 1.71 bits per heavy atom. The van der Waals surface area contributed by atoms with Gasteiger partial charge in [0, 0.05) is 0 Å². The highest BCUT2D eigenvalue weighted by atomic mass is 16.2. The molecule has 0 aromatic rings. The Bertz CT molecular complexity index is 321. The molecular weight excluding hydrogens is 176 g/mol. The summed E-state index contributed by atoms with van der Waals surface area (Å²) in [6.07, 6.45) is 9.95. The summed E-state index contributed by atoms with van der Waals surface area (Å²) in [5.74, 6) is -0.136. The van der Waals surface area contributed by atoms with E-state index >= 15 is 0 Å². The zero-order valence-electron chi connectivity index (χ0n) is 8.21. The van der Waals surface area contributed by atoms with Gasteiger partial charge in [-0.3, -0.25) is 9.59 Å². The predicted octanol–water partition coefficient (Wildman–Crippen LogP) is 2.04. The molecule has 3 aliphatic carbocycles. The maximum atomic E-state index is 11.8. The van der Waals surface area contributed by atoms with Crippen LogP contribution in [0.2, 0.25) is 0 Å². The van der Waals surface area contributed by atoms with E-state index in [0.717, 1.165) is 38.5 Å². The Kier molecular flexibility index (Phi) is 1.41. The minimum Gasteiger partial charge on any atom is -0.290 e. The lowest BCUT2D eigenvalue weighted by Crippen LogP contribution is -2.69. The molecule has 2 unspecified atom stereocenters. The van der Waals surface area contributed by atoms with Crippen molar-refractivity contribution in [3.63, 3.8) is 0 Å². The topological polar surface area (TPSA) is 34.1 Å². The predicted molar refractivity (Wildman–Crippen MR) is 51.7 cm³/mol. The fourth-order valence-electron chi connectivity index (χ4n) is 3.72. The molecule has 0 heterocycles. The van der Waals surface area contributed by atoms with Crippen LogP contribution < -0.4 is 0 Å². The first-order chi connectivity index (χ1) is 6.73. The van der Waals surface area contributed by atoms with Gasteiger partial charge in [-0.1, -0.05) is 25.0 Å². The van der Waals surface area contributed by atoms with E-state index in [0.29, 0.717) is 0 Å². The van der Waals surface area contributed by atoms with Crippen LogP contribution in [-0.4, -0.2) is 11.6 Å². The smallest absolute Gasteiger partial charge is 0.206 e. The average molecular weight is 190 g/mol. The van der Waals surface area contributed by atoms with Crippen molar-refractivity contribution in [3.05, 3.63) is 12.2 Å². The van der Waals surface area contributed by atoms with Crippen LogP contribution in [0.15, 0.2) is 12.2 Å². The summed E-state index contributed by atoms with van der Waals surface area (Å²) in [5, 5.41) is 0. The highest BCUT2D eigenvalue weighted by molar-refractivity contribution is 6.49. The van der Waals surface area contributed by atoms with Crippen molar-refractivity contribution >= 4 is 11.6 Å². The first-order valence-corrected chi connectivity index (χ1v) is 5.47.